The van der Waals surface area contributed by atoms with E-state index in [-0.39, 0.29) is 5.69 Å². The van der Waals surface area contributed by atoms with Crippen molar-refractivity contribution in [3.63, 3.8) is 0 Å². The van der Waals surface area contributed by atoms with Crippen LogP contribution in [-0.4, -0.2) is 34.9 Å². The molecular weight excluding hydrogens is 365 g/mol. The fourth-order valence-corrected chi connectivity index (χ4v) is 3.37. The Balaban J connectivity index is 1.58. The predicted octanol–water partition coefficient (Wildman–Crippen LogP) is 2.40. The third-order valence-corrected chi connectivity index (χ3v) is 4.75. The summed E-state index contributed by atoms with van der Waals surface area (Å²) >= 11 is 0. The zero-order chi connectivity index (χ0) is 19.7. The molecular formula is C17H19F3N4O3. The highest BCUT2D eigenvalue weighted by Gasteiger charge is 2.52. The van der Waals surface area contributed by atoms with Gasteiger partial charge in [-0.05, 0) is 31.0 Å². The van der Waals surface area contributed by atoms with Gasteiger partial charge in [-0.3, -0.25) is 15.0 Å². The molecule has 27 heavy (non-hydrogen) atoms. The first kappa shape index (κ1) is 19.0. The van der Waals surface area contributed by atoms with Crippen LogP contribution in [0.25, 0.3) is 0 Å². The molecule has 1 aromatic rings. The first-order valence-corrected chi connectivity index (χ1v) is 8.59. The molecule has 0 bridgehead atoms. The molecule has 1 saturated carbocycles. The van der Waals surface area contributed by atoms with Crippen LogP contribution < -0.4 is 16.1 Å². The van der Waals surface area contributed by atoms with Crippen molar-refractivity contribution < 1.29 is 27.6 Å². The highest BCUT2D eigenvalue weighted by Crippen LogP contribution is 2.33. The number of anilines is 1. The van der Waals surface area contributed by atoms with Crippen LogP contribution in [-0.2, 0) is 15.8 Å². The SMILES string of the molecule is O=C(CNc1cccc(C(F)(F)F)c1)NN1C(=O)NC2(CCCCC2)C1=O. The van der Waals surface area contributed by atoms with Gasteiger partial charge >= 0.3 is 12.2 Å². The van der Waals surface area contributed by atoms with Crippen molar-refractivity contribution in [1.82, 2.24) is 15.8 Å². The Kier molecular flexibility index (Phi) is 4.99. The maximum atomic E-state index is 12.7. The lowest BCUT2D eigenvalue weighted by Crippen LogP contribution is -2.51. The summed E-state index contributed by atoms with van der Waals surface area (Å²) in [6, 6.07) is 3.69. The van der Waals surface area contributed by atoms with E-state index in [0.29, 0.717) is 17.9 Å². The minimum Gasteiger partial charge on any atom is -0.376 e. The van der Waals surface area contributed by atoms with Gasteiger partial charge in [0.2, 0.25) is 0 Å². The molecule has 146 valence electrons. The molecule has 1 aliphatic carbocycles. The molecule has 1 spiro atoms. The molecule has 10 heteroatoms. The van der Waals surface area contributed by atoms with E-state index >= 15 is 0 Å². The first-order valence-electron chi connectivity index (χ1n) is 8.59. The summed E-state index contributed by atoms with van der Waals surface area (Å²) in [6.07, 6.45) is -0.846. The van der Waals surface area contributed by atoms with Gasteiger partial charge in [-0.25, -0.2) is 4.79 Å². The van der Waals surface area contributed by atoms with Crippen LogP contribution >= 0.6 is 0 Å². The number of amides is 4. The molecule has 3 N–H and O–H groups in total. The van der Waals surface area contributed by atoms with Crippen molar-refractivity contribution in [1.29, 1.82) is 0 Å². The molecule has 1 aromatic carbocycles. The molecule has 0 radical (unpaired) electrons. The van der Waals surface area contributed by atoms with Crippen molar-refractivity contribution in [2.24, 2.45) is 0 Å². The van der Waals surface area contributed by atoms with E-state index < -0.39 is 41.7 Å². The second kappa shape index (κ2) is 7.09. The summed E-state index contributed by atoms with van der Waals surface area (Å²) in [5.74, 6) is -1.22. The number of carbonyl (C=O) groups excluding carboxylic acids is 3. The summed E-state index contributed by atoms with van der Waals surface area (Å²) in [6.45, 7) is -0.397. The summed E-state index contributed by atoms with van der Waals surface area (Å²) in [7, 11) is 0. The smallest absolute Gasteiger partial charge is 0.376 e. The van der Waals surface area contributed by atoms with Gasteiger partial charge in [-0.15, -0.1) is 0 Å². The molecule has 1 aliphatic heterocycles. The van der Waals surface area contributed by atoms with E-state index in [1.165, 1.54) is 12.1 Å². The number of nitrogens with one attached hydrogen (secondary N) is 3. The number of rotatable bonds is 4. The monoisotopic (exact) mass is 384 g/mol. The summed E-state index contributed by atoms with van der Waals surface area (Å²) in [5.41, 5.74) is 0.504. The normalized spacial score (nSPS) is 19.1. The second-order valence-electron chi connectivity index (χ2n) is 6.68. The Bertz CT molecular complexity index is 760. The van der Waals surface area contributed by atoms with Gasteiger partial charge in [0.15, 0.2) is 0 Å². The third kappa shape index (κ3) is 3.99. The summed E-state index contributed by atoms with van der Waals surface area (Å²) in [4.78, 5) is 36.6. The number of hydrogen-bond acceptors (Lipinski definition) is 4. The van der Waals surface area contributed by atoms with Gasteiger partial charge in [-0.2, -0.15) is 18.2 Å². The predicted molar refractivity (Wildman–Crippen MR) is 89.3 cm³/mol. The third-order valence-electron chi connectivity index (χ3n) is 4.75. The van der Waals surface area contributed by atoms with Crippen LogP contribution in [0.1, 0.15) is 37.7 Å². The quantitative estimate of drug-likeness (QED) is 0.696. The summed E-state index contributed by atoms with van der Waals surface area (Å²) in [5, 5.41) is 5.85. The average molecular weight is 384 g/mol. The number of hydrogen-bond donors (Lipinski definition) is 3. The molecule has 4 amide bonds. The van der Waals surface area contributed by atoms with Crippen LogP contribution in [0.5, 0.6) is 0 Å². The molecule has 3 rings (SSSR count). The average Bonchev–Trinajstić information content (AvgIpc) is 2.84. The number of halogens is 3. The standard InChI is InChI=1S/C17H19F3N4O3/c18-17(19,20)11-5-4-6-12(9-11)21-10-13(25)23-24-14(26)16(22-15(24)27)7-2-1-3-8-16/h4-6,9,21H,1-3,7-8,10H2,(H,22,27)(H,23,25). The molecule has 2 aliphatic rings. The van der Waals surface area contributed by atoms with Gasteiger partial charge in [0, 0.05) is 5.69 Å². The number of carbonyl (C=O) groups is 3. The fourth-order valence-electron chi connectivity index (χ4n) is 3.37. The molecule has 2 fully saturated rings. The Morgan fingerprint density at radius 1 is 1.19 bits per heavy atom. The zero-order valence-corrected chi connectivity index (χ0v) is 14.4. The van der Waals surface area contributed by atoms with Crippen LogP contribution in [0.3, 0.4) is 0 Å². The molecule has 7 nitrogen and oxygen atoms in total. The molecule has 0 unspecified atom stereocenters. The Morgan fingerprint density at radius 2 is 1.89 bits per heavy atom. The number of alkyl halides is 3. The first-order chi connectivity index (χ1) is 12.7. The van der Waals surface area contributed by atoms with Crippen molar-refractivity contribution in [2.45, 2.75) is 43.8 Å². The van der Waals surface area contributed by atoms with Crippen LogP contribution in [0, 0.1) is 0 Å². The van der Waals surface area contributed by atoms with Crippen molar-refractivity contribution in [2.75, 3.05) is 11.9 Å². The highest BCUT2D eigenvalue weighted by molar-refractivity contribution is 6.08. The van der Waals surface area contributed by atoms with Gasteiger partial charge in [0.1, 0.15) is 5.54 Å². The van der Waals surface area contributed by atoms with Gasteiger partial charge in [0.05, 0.1) is 12.1 Å². The number of hydrazine groups is 1. The minimum atomic E-state index is -4.49. The van der Waals surface area contributed by atoms with Gasteiger partial charge in [0.25, 0.3) is 11.8 Å². The number of nitrogens with zero attached hydrogens (tertiary/aromatic N) is 1. The van der Waals surface area contributed by atoms with E-state index in [2.05, 4.69) is 16.1 Å². The lowest BCUT2D eigenvalue weighted by atomic mass is 9.82. The van der Waals surface area contributed by atoms with E-state index in [9.17, 15) is 27.6 Å². The topological polar surface area (TPSA) is 90.5 Å². The van der Waals surface area contributed by atoms with E-state index in [1.54, 1.807) is 0 Å². The maximum absolute atomic E-state index is 12.7. The maximum Gasteiger partial charge on any atom is 0.416 e. The zero-order valence-electron chi connectivity index (χ0n) is 14.4. The molecule has 1 heterocycles. The Morgan fingerprint density at radius 3 is 2.56 bits per heavy atom. The van der Waals surface area contributed by atoms with Crippen molar-refractivity contribution in [3.8, 4) is 0 Å². The van der Waals surface area contributed by atoms with Gasteiger partial charge in [-0.1, -0.05) is 25.3 Å². The number of imide groups is 1. The van der Waals surface area contributed by atoms with E-state index in [1.807, 2.05) is 0 Å². The van der Waals surface area contributed by atoms with Crippen molar-refractivity contribution >= 4 is 23.5 Å². The van der Waals surface area contributed by atoms with E-state index in [4.69, 9.17) is 0 Å². The Hall–Kier alpha value is -2.78. The number of benzene rings is 1. The van der Waals surface area contributed by atoms with Crippen molar-refractivity contribution in [3.05, 3.63) is 29.8 Å². The summed E-state index contributed by atoms with van der Waals surface area (Å²) < 4.78 is 38.1. The molecule has 1 saturated heterocycles. The van der Waals surface area contributed by atoms with Crippen LogP contribution in [0.15, 0.2) is 24.3 Å². The lowest BCUT2D eigenvalue weighted by molar-refractivity contribution is -0.139. The lowest BCUT2D eigenvalue weighted by Gasteiger charge is -2.30. The highest BCUT2D eigenvalue weighted by atomic mass is 19.4. The second-order valence-corrected chi connectivity index (χ2v) is 6.68. The molecule has 0 atom stereocenters. The van der Waals surface area contributed by atoms with Gasteiger partial charge < -0.3 is 10.6 Å². The fraction of sp³-hybridized carbons (Fsp3) is 0.471. The van der Waals surface area contributed by atoms with Crippen LogP contribution in [0.2, 0.25) is 0 Å². The molecule has 0 aromatic heterocycles. The minimum absolute atomic E-state index is 0.0981. The Labute approximate surface area is 153 Å². The largest absolute Gasteiger partial charge is 0.416 e. The van der Waals surface area contributed by atoms with E-state index in [0.717, 1.165) is 31.4 Å². The van der Waals surface area contributed by atoms with Crippen LogP contribution in [0.4, 0.5) is 23.7 Å². The number of urea groups is 1.